The van der Waals surface area contributed by atoms with Crippen LogP contribution in [-0.4, -0.2) is 72.6 Å². The number of rotatable bonds is 14. The highest BCUT2D eigenvalue weighted by molar-refractivity contribution is 7.90. The van der Waals surface area contributed by atoms with Gasteiger partial charge >= 0.3 is 6.09 Å². The van der Waals surface area contributed by atoms with Crippen LogP contribution in [0.25, 0.3) is 0 Å². The Morgan fingerprint density at radius 3 is 2.41 bits per heavy atom. The molecular formula is C37H45N5O8S. The van der Waals surface area contributed by atoms with Crippen molar-refractivity contribution >= 4 is 50.8 Å². The maximum atomic E-state index is 14.4. The highest BCUT2D eigenvalue weighted by atomic mass is 32.2. The fraction of sp³-hybridized carbons (Fsp3) is 0.405. The van der Waals surface area contributed by atoms with Crippen LogP contribution in [-0.2, 0) is 29.1 Å². The summed E-state index contributed by atoms with van der Waals surface area (Å²) in [4.78, 5) is 46.5. The van der Waals surface area contributed by atoms with Crippen molar-refractivity contribution in [3.8, 4) is 5.75 Å². The van der Waals surface area contributed by atoms with Gasteiger partial charge in [-0.25, -0.2) is 23.1 Å². The molecular weight excluding hydrogens is 675 g/mol. The van der Waals surface area contributed by atoms with Gasteiger partial charge in [0, 0.05) is 24.3 Å². The molecule has 3 aromatic carbocycles. The maximum Gasteiger partial charge on any atom is 0.418 e. The summed E-state index contributed by atoms with van der Waals surface area (Å²) in [6, 6.07) is 15.6. The van der Waals surface area contributed by atoms with Crippen LogP contribution < -0.4 is 15.4 Å². The second kappa shape index (κ2) is 15.1. The van der Waals surface area contributed by atoms with E-state index in [1.54, 1.807) is 31.2 Å². The molecule has 13 nitrogen and oxygen atoms in total. The quantitative estimate of drug-likeness (QED) is 0.180. The van der Waals surface area contributed by atoms with Crippen molar-refractivity contribution in [3.05, 3.63) is 77.4 Å². The van der Waals surface area contributed by atoms with Crippen LogP contribution in [0.15, 0.2) is 70.6 Å². The van der Waals surface area contributed by atoms with Crippen molar-refractivity contribution in [2.75, 3.05) is 23.9 Å². The molecule has 0 aliphatic carbocycles. The van der Waals surface area contributed by atoms with Crippen molar-refractivity contribution in [1.29, 1.82) is 0 Å². The number of aryl methyl sites for hydroxylation is 3. The zero-order valence-electron chi connectivity index (χ0n) is 30.0. The highest BCUT2D eigenvalue weighted by Crippen LogP contribution is 2.36. The molecule has 2 heterocycles. The van der Waals surface area contributed by atoms with Crippen LogP contribution in [0.3, 0.4) is 0 Å². The lowest BCUT2D eigenvalue weighted by molar-refractivity contribution is -0.137. The van der Waals surface area contributed by atoms with Gasteiger partial charge in [-0.15, -0.1) is 0 Å². The standard InChI is InChI=1S/C37H45N5O8S/c1-8-10-19-41-33(39-27-13-11-12-14-30(27)51(41,46)47)32(42-35(44)37(6,7)50-36(42)45)34(43)40-28-21-26(17-16-24(28)4)38-22-48-31(9-2)49-29-18-15-23(3)20-25(29)5/h11-18,20-21,31-32,38H,8-10,19,22H2,1-7H3,(H,40,43). The predicted octanol–water partition coefficient (Wildman–Crippen LogP) is 6.41. The number of anilines is 2. The molecule has 0 bridgehead atoms. The second-order valence-electron chi connectivity index (χ2n) is 13.1. The van der Waals surface area contributed by atoms with Crippen LogP contribution >= 0.6 is 0 Å². The Bertz CT molecular complexity index is 1960. The van der Waals surface area contributed by atoms with Crippen molar-refractivity contribution in [2.45, 2.75) is 90.6 Å². The molecule has 0 radical (unpaired) electrons. The number of para-hydroxylation sites is 1. The first-order chi connectivity index (χ1) is 24.2. The van der Waals surface area contributed by atoms with E-state index in [0.717, 1.165) is 21.2 Å². The maximum absolute atomic E-state index is 14.4. The lowest BCUT2D eigenvalue weighted by Crippen LogP contribution is -2.59. The SMILES string of the molecule is CCCCN1C(C(C(=O)Nc2cc(NCOC(CC)Oc3ccc(C)cc3C)ccc2C)N2C(=O)OC(C)(C)C2=O)=Nc2ccccc2S1(=O)=O. The molecule has 0 spiro atoms. The fourth-order valence-corrected chi connectivity index (χ4v) is 7.40. The van der Waals surface area contributed by atoms with E-state index in [4.69, 9.17) is 14.2 Å². The number of ether oxygens (including phenoxy) is 3. The first-order valence-corrected chi connectivity index (χ1v) is 18.4. The molecule has 0 aromatic heterocycles. The van der Waals surface area contributed by atoms with Crippen molar-refractivity contribution in [1.82, 2.24) is 9.21 Å². The minimum Gasteiger partial charge on any atom is -0.465 e. The zero-order valence-corrected chi connectivity index (χ0v) is 30.8. The number of carbonyl (C=O) groups excluding carboxylic acids is 3. The molecule has 3 aromatic rings. The molecule has 2 unspecified atom stereocenters. The van der Waals surface area contributed by atoms with E-state index in [1.807, 2.05) is 52.0 Å². The number of hydrogen-bond donors (Lipinski definition) is 2. The van der Waals surface area contributed by atoms with E-state index in [2.05, 4.69) is 15.6 Å². The van der Waals surface area contributed by atoms with Crippen LogP contribution in [0.1, 0.15) is 63.6 Å². The number of amides is 3. The first kappa shape index (κ1) is 37.3. The molecule has 1 saturated heterocycles. The lowest BCUT2D eigenvalue weighted by atomic mass is 10.1. The number of nitrogens with zero attached hydrogens (tertiary/aromatic N) is 3. The number of sulfonamides is 1. The normalized spacial score (nSPS) is 17.3. The predicted molar refractivity (Wildman–Crippen MR) is 194 cm³/mol. The van der Waals surface area contributed by atoms with Gasteiger partial charge in [-0.05, 0) is 82.5 Å². The lowest BCUT2D eigenvalue weighted by Gasteiger charge is -2.35. The zero-order chi connectivity index (χ0) is 37.1. The van der Waals surface area contributed by atoms with Gasteiger partial charge in [-0.1, -0.05) is 56.2 Å². The summed E-state index contributed by atoms with van der Waals surface area (Å²) >= 11 is 0. The van der Waals surface area contributed by atoms with E-state index in [1.165, 1.54) is 26.0 Å². The molecule has 2 atom stereocenters. The van der Waals surface area contributed by atoms with E-state index in [0.29, 0.717) is 41.1 Å². The van der Waals surface area contributed by atoms with Crippen LogP contribution in [0.5, 0.6) is 5.75 Å². The number of benzene rings is 3. The van der Waals surface area contributed by atoms with Crippen molar-refractivity contribution in [2.24, 2.45) is 4.99 Å². The topological polar surface area (TPSA) is 156 Å². The number of fused-ring (bicyclic) bond motifs is 1. The summed E-state index contributed by atoms with van der Waals surface area (Å²) < 4.78 is 46.3. The molecule has 5 rings (SSSR count). The average molecular weight is 720 g/mol. The third-order valence-electron chi connectivity index (χ3n) is 8.63. The number of nitrogens with one attached hydrogen (secondary N) is 2. The Labute approximate surface area is 299 Å². The summed E-state index contributed by atoms with van der Waals surface area (Å²) in [6.45, 7) is 12.5. The summed E-state index contributed by atoms with van der Waals surface area (Å²) in [5.41, 5.74) is 2.26. The second-order valence-corrected chi connectivity index (χ2v) is 14.9. The molecule has 2 aliphatic heterocycles. The number of hydrogen-bond acceptors (Lipinski definition) is 10. The number of amidine groups is 1. The van der Waals surface area contributed by atoms with Gasteiger partial charge < -0.3 is 24.8 Å². The number of aliphatic imine (C=N–C) groups is 1. The Morgan fingerprint density at radius 2 is 1.75 bits per heavy atom. The van der Waals surface area contributed by atoms with E-state index in [-0.39, 0.29) is 29.7 Å². The average Bonchev–Trinajstić information content (AvgIpc) is 3.28. The van der Waals surface area contributed by atoms with Gasteiger partial charge in [0.05, 0.1) is 5.69 Å². The Balaban J connectivity index is 1.43. The monoisotopic (exact) mass is 719 g/mol. The molecule has 1 fully saturated rings. The Morgan fingerprint density at radius 1 is 1.00 bits per heavy atom. The Kier molecular flexibility index (Phi) is 11.1. The summed E-state index contributed by atoms with van der Waals surface area (Å²) in [5.74, 6) is -1.20. The number of unbranched alkanes of at least 4 members (excludes halogenated alkanes) is 1. The van der Waals surface area contributed by atoms with Crippen LogP contribution in [0.2, 0.25) is 0 Å². The minimum atomic E-state index is -4.21. The Hall–Kier alpha value is -4.95. The van der Waals surface area contributed by atoms with Gasteiger partial charge in [0.15, 0.2) is 17.5 Å². The fourth-order valence-electron chi connectivity index (χ4n) is 5.77. The van der Waals surface area contributed by atoms with Gasteiger partial charge in [0.1, 0.15) is 17.4 Å². The molecule has 2 aliphatic rings. The smallest absolute Gasteiger partial charge is 0.418 e. The summed E-state index contributed by atoms with van der Waals surface area (Å²) in [7, 11) is -4.21. The third kappa shape index (κ3) is 7.86. The number of carbonyl (C=O) groups is 3. The summed E-state index contributed by atoms with van der Waals surface area (Å²) in [5, 5.41) is 6.01. The van der Waals surface area contributed by atoms with Gasteiger partial charge in [-0.3, -0.25) is 13.9 Å². The van der Waals surface area contributed by atoms with Crippen molar-refractivity contribution in [3.63, 3.8) is 0 Å². The molecule has 272 valence electrons. The molecule has 14 heteroatoms. The molecule has 3 amide bonds. The van der Waals surface area contributed by atoms with Crippen LogP contribution in [0.4, 0.5) is 21.9 Å². The van der Waals surface area contributed by atoms with Gasteiger partial charge in [-0.2, -0.15) is 0 Å². The van der Waals surface area contributed by atoms with E-state index < -0.39 is 45.9 Å². The molecule has 51 heavy (non-hydrogen) atoms. The number of imide groups is 1. The van der Waals surface area contributed by atoms with Gasteiger partial charge in [0.2, 0.25) is 6.29 Å². The van der Waals surface area contributed by atoms with Crippen molar-refractivity contribution < 1.29 is 37.0 Å². The van der Waals surface area contributed by atoms with Crippen LogP contribution in [0, 0.1) is 20.8 Å². The molecule has 2 N–H and O–H groups in total. The van der Waals surface area contributed by atoms with E-state index in [9.17, 15) is 22.8 Å². The van der Waals surface area contributed by atoms with Gasteiger partial charge in [0.25, 0.3) is 21.8 Å². The number of cyclic esters (lactones) is 1. The minimum absolute atomic E-state index is 0.0271. The largest absolute Gasteiger partial charge is 0.465 e. The highest BCUT2D eigenvalue weighted by Gasteiger charge is 2.55. The first-order valence-electron chi connectivity index (χ1n) is 17.0. The molecule has 0 saturated carbocycles. The van der Waals surface area contributed by atoms with E-state index >= 15 is 0 Å². The third-order valence-corrected chi connectivity index (χ3v) is 10.5. The summed E-state index contributed by atoms with van der Waals surface area (Å²) in [6.07, 6.45) is 0.0631.